The van der Waals surface area contributed by atoms with E-state index in [-0.39, 0.29) is 0 Å². The molecule has 1 aromatic carbocycles. The van der Waals surface area contributed by atoms with Crippen molar-refractivity contribution in [3.05, 3.63) is 22.7 Å². The molecule has 0 saturated heterocycles. The highest BCUT2D eigenvalue weighted by Crippen LogP contribution is 2.27. The zero-order valence-electron chi connectivity index (χ0n) is 10.9. The number of hydrogen-bond donors (Lipinski definition) is 1. The maximum Gasteiger partial charge on any atom is 0.201 e. The summed E-state index contributed by atoms with van der Waals surface area (Å²) in [6, 6.07) is 3.76. The van der Waals surface area contributed by atoms with E-state index in [1.807, 2.05) is 23.6 Å². The molecule has 2 rings (SSSR count). The van der Waals surface area contributed by atoms with Crippen molar-refractivity contribution in [1.29, 1.82) is 0 Å². The molecule has 1 aromatic heterocycles. The lowest BCUT2D eigenvalue weighted by Gasteiger charge is -2.14. The van der Waals surface area contributed by atoms with Gasteiger partial charge in [0.2, 0.25) is 5.95 Å². The van der Waals surface area contributed by atoms with E-state index in [0.717, 1.165) is 28.2 Å². The Kier molecular flexibility index (Phi) is 3.78. The minimum atomic E-state index is 0.369. The first-order valence-electron chi connectivity index (χ1n) is 5.94. The van der Waals surface area contributed by atoms with Gasteiger partial charge in [-0.25, -0.2) is 4.98 Å². The topological polar surface area (TPSA) is 53.1 Å². The van der Waals surface area contributed by atoms with Crippen LogP contribution in [-0.4, -0.2) is 23.3 Å². The van der Waals surface area contributed by atoms with Gasteiger partial charge in [-0.3, -0.25) is 0 Å². The first-order chi connectivity index (χ1) is 8.54. The van der Waals surface area contributed by atoms with Gasteiger partial charge in [0.05, 0.1) is 17.6 Å². The standard InChI is InChI=1S/C13H18ClN3O/c1-8(7-18-3)6-17-12-9(2)10(14)4-5-11(12)16-13(17)15/h4-5,8H,6-7H2,1-3H3,(H2,15,16). The quantitative estimate of drug-likeness (QED) is 0.927. The summed E-state index contributed by atoms with van der Waals surface area (Å²) in [5.41, 5.74) is 8.91. The lowest BCUT2D eigenvalue weighted by atomic mass is 10.1. The number of ether oxygens (including phenoxy) is 1. The fourth-order valence-electron chi connectivity index (χ4n) is 2.22. The average molecular weight is 268 g/mol. The first kappa shape index (κ1) is 13.2. The van der Waals surface area contributed by atoms with Crippen LogP contribution in [0.1, 0.15) is 12.5 Å². The minimum absolute atomic E-state index is 0.369. The molecule has 1 heterocycles. The molecule has 0 saturated carbocycles. The molecule has 0 aliphatic rings. The summed E-state index contributed by atoms with van der Waals surface area (Å²) in [6.45, 7) is 5.58. The summed E-state index contributed by atoms with van der Waals surface area (Å²) in [7, 11) is 1.70. The van der Waals surface area contributed by atoms with Crippen molar-refractivity contribution in [3.63, 3.8) is 0 Å². The summed E-state index contributed by atoms with van der Waals surface area (Å²) in [5.74, 6) is 0.895. The maximum atomic E-state index is 6.16. The van der Waals surface area contributed by atoms with E-state index in [9.17, 15) is 0 Å². The summed E-state index contributed by atoms with van der Waals surface area (Å²) in [4.78, 5) is 4.37. The van der Waals surface area contributed by atoms with Crippen LogP contribution in [0.3, 0.4) is 0 Å². The highest BCUT2D eigenvalue weighted by Gasteiger charge is 2.14. The summed E-state index contributed by atoms with van der Waals surface area (Å²) >= 11 is 6.16. The molecule has 5 heteroatoms. The Labute approximate surface area is 112 Å². The Bertz CT molecular complexity index is 565. The van der Waals surface area contributed by atoms with Crippen LogP contribution < -0.4 is 5.73 Å². The van der Waals surface area contributed by atoms with Crippen LogP contribution in [0.2, 0.25) is 5.02 Å². The predicted octanol–water partition coefficient (Wildman–Crippen LogP) is 2.86. The van der Waals surface area contributed by atoms with E-state index in [2.05, 4.69) is 11.9 Å². The zero-order valence-corrected chi connectivity index (χ0v) is 11.7. The number of benzene rings is 1. The van der Waals surface area contributed by atoms with E-state index in [0.29, 0.717) is 18.5 Å². The van der Waals surface area contributed by atoms with Crippen LogP contribution in [-0.2, 0) is 11.3 Å². The van der Waals surface area contributed by atoms with Gasteiger partial charge >= 0.3 is 0 Å². The van der Waals surface area contributed by atoms with Gasteiger partial charge in [0.1, 0.15) is 0 Å². The van der Waals surface area contributed by atoms with Gasteiger partial charge in [-0.05, 0) is 30.5 Å². The van der Waals surface area contributed by atoms with Gasteiger partial charge in [0.15, 0.2) is 0 Å². The molecule has 18 heavy (non-hydrogen) atoms. The third-order valence-corrected chi connectivity index (χ3v) is 3.48. The summed E-state index contributed by atoms with van der Waals surface area (Å²) in [5, 5.41) is 0.739. The number of aromatic nitrogens is 2. The SMILES string of the molecule is COCC(C)Cn1c(N)nc2ccc(Cl)c(C)c21. The second-order valence-corrected chi connectivity index (χ2v) is 5.09. The van der Waals surface area contributed by atoms with Gasteiger partial charge in [0, 0.05) is 18.7 Å². The molecule has 0 spiro atoms. The molecule has 0 fully saturated rings. The van der Waals surface area contributed by atoms with Gasteiger partial charge in [-0.15, -0.1) is 0 Å². The van der Waals surface area contributed by atoms with Gasteiger partial charge in [-0.2, -0.15) is 0 Å². The molecule has 98 valence electrons. The summed E-state index contributed by atoms with van der Waals surface area (Å²) in [6.07, 6.45) is 0. The molecule has 2 N–H and O–H groups in total. The highest BCUT2D eigenvalue weighted by molar-refractivity contribution is 6.32. The highest BCUT2D eigenvalue weighted by atomic mass is 35.5. The predicted molar refractivity (Wildman–Crippen MR) is 74.9 cm³/mol. The van der Waals surface area contributed by atoms with Crippen molar-refractivity contribution in [1.82, 2.24) is 9.55 Å². The second-order valence-electron chi connectivity index (χ2n) is 4.68. The van der Waals surface area contributed by atoms with Crippen molar-refractivity contribution < 1.29 is 4.74 Å². The average Bonchev–Trinajstić information content (AvgIpc) is 2.62. The largest absolute Gasteiger partial charge is 0.384 e. The molecule has 0 amide bonds. The molecule has 1 atom stereocenters. The molecule has 1 unspecified atom stereocenters. The molecular formula is C13H18ClN3O. The zero-order chi connectivity index (χ0) is 13.3. The third-order valence-electron chi connectivity index (χ3n) is 3.07. The van der Waals surface area contributed by atoms with E-state index in [4.69, 9.17) is 22.1 Å². The number of halogens is 1. The monoisotopic (exact) mass is 267 g/mol. The lowest BCUT2D eigenvalue weighted by Crippen LogP contribution is -2.14. The number of methoxy groups -OCH3 is 1. The number of nitrogen functional groups attached to an aromatic ring is 1. The van der Waals surface area contributed by atoms with E-state index < -0.39 is 0 Å². The molecule has 2 aromatic rings. The molecule has 0 aliphatic heterocycles. The van der Waals surface area contributed by atoms with E-state index in [1.165, 1.54) is 0 Å². The van der Waals surface area contributed by atoms with Crippen molar-refractivity contribution in [2.75, 3.05) is 19.5 Å². The number of rotatable bonds is 4. The fraction of sp³-hybridized carbons (Fsp3) is 0.462. The van der Waals surface area contributed by atoms with Crippen molar-refractivity contribution in [2.45, 2.75) is 20.4 Å². The van der Waals surface area contributed by atoms with Gasteiger partial charge in [-0.1, -0.05) is 18.5 Å². The minimum Gasteiger partial charge on any atom is -0.384 e. The fourth-order valence-corrected chi connectivity index (χ4v) is 2.38. The summed E-state index contributed by atoms with van der Waals surface area (Å²) < 4.78 is 7.17. The van der Waals surface area contributed by atoms with E-state index in [1.54, 1.807) is 7.11 Å². The van der Waals surface area contributed by atoms with Crippen LogP contribution >= 0.6 is 11.6 Å². The molecule has 0 radical (unpaired) electrons. The Morgan fingerprint density at radius 3 is 2.89 bits per heavy atom. The lowest BCUT2D eigenvalue weighted by molar-refractivity contribution is 0.152. The number of anilines is 1. The van der Waals surface area contributed by atoms with Gasteiger partial charge in [0.25, 0.3) is 0 Å². The normalized spacial score (nSPS) is 13.1. The number of aryl methyl sites for hydroxylation is 1. The molecular weight excluding hydrogens is 250 g/mol. The Balaban J connectivity index is 2.49. The van der Waals surface area contributed by atoms with Crippen LogP contribution in [0.5, 0.6) is 0 Å². The number of nitrogens with two attached hydrogens (primary N) is 1. The Morgan fingerprint density at radius 1 is 1.50 bits per heavy atom. The molecule has 0 bridgehead atoms. The Hall–Kier alpha value is -1.26. The molecule has 4 nitrogen and oxygen atoms in total. The number of nitrogens with zero attached hydrogens (tertiary/aromatic N) is 2. The van der Waals surface area contributed by atoms with Crippen LogP contribution in [0.15, 0.2) is 12.1 Å². The smallest absolute Gasteiger partial charge is 0.201 e. The number of hydrogen-bond acceptors (Lipinski definition) is 3. The van der Waals surface area contributed by atoms with Crippen molar-refractivity contribution >= 4 is 28.6 Å². The van der Waals surface area contributed by atoms with Crippen molar-refractivity contribution in [2.24, 2.45) is 5.92 Å². The van der Waals surface area contributed by atoms with Crippen molar-refractivity contribution in [3.8, 4) is 0 Å². The van der Waals surface area contributed by atoms with Gasteiger partial charge < -0.3 is 15.0 Å². The second kappa shape index (κ2) is 5.16. The van der Waals surface area contributed by atoms with E-state index >= 15 is 0 Å². The molecule has 0 aliphatic carbocycles. The first-order valence-corrected chi connectivity index (χ1v) is 6.32. The maximum absolute atomic E-state index is 6.16. The number of fused-ring (bicyclic) bond motifs is 1. The number of imidazole rings is 1. The van der Waals surface area contributed by atoms with Crippen LogP contribution in [0.4, 0.5) is 5.95 Å². The third kappa shape index (κ3) is 2.31. The van der Waals surface area contributed by atoms with Crippen LogP contribution in [0.25, 0.3) is 11.0 Å². The Morgan fingerprint density at radius 2 is 2.22 bits per heavy atom. The van der Waals surface area contributed by atoms with Crippen LogP contribution in [0, 0.1) is 12.8 Å².